The highest BCUT2D eigenvalue weighted by molar-refractivity contribution is 7.12. The van der Waals surface area contributed by atoms with E-state index in [0.717, 1.165) is 68.1 Å². The number of ketones is 1. The summed E-state index contributed by atoms with van der Waals surface area (Å²) in [5.41, 5.74) is 11.5. The van der Waals surface area contributed by atoms with E-state index in [0.29, 0.717) is 11.6 Å². The predicted molar refractivity (Wildman–Crippen MR) is 163 cm³/mol. The van der Waals surface area contributed by atoms with Gasteiger partial charge < -0.3 is 9.55 Å². The number of benzene rings is 1. The molecule has 0 radical (unpaired) electrons. The number of Topliss-reactive ketones (excluding diaryl/α,β-unsaturated/α-hetero) is 1. The van der Waals surface area contributed by atoms with Crippen molar-refractivity contribution >= 4 is 46.1 Å². The second kappa shape index (κ2) is 10.9. The van der Waals surface area contributed by atoms with E-state index in [1.165, 1.54) is 36.0 Å². The quantitative estimate of drug-likeness (QED) is 0.180. The molecule has 5 nitrogen and oxygen atoms in total. The molecule has 39 heavy (non-hydrogen) atoms. The first-order valence-corrected chi connectivity index (χ1v) is 14.6. The number of aryl methyl sites for hydroxylation is 3. The maximum Gasteiger partial charge on any atom is 0.166 e. The molecule has 6 heteroatoms. The zero-order valence-electron chi connectivity index (χ0n) is 23.6. The summed E-state index contributed by atoms with van der Waals surface area (Å²) in [6.45, 7) is 14.6. The normalized spacial score (nSPS) is 14.5. The van der Waals surface area contributed by atoms with E-state index < -0.39 is 0 Å². The molecule has 0 bridgehead atoms. The van der Waals surface area contributed by atoms with E-state index in [1.807, 2.05) is 19.9 Å². The van der Waals surface area contributed by atoms with E-state index in [4.69, 9.17) is 0 Å². The number of aldehydes is 1. The Bertz CT molecular complexity index is 1620. The van der Waals surface area contributed by atoms with Gasteiger partial charge in [-0.15, -0.1) is 11.3 Å². The molecule has 1 aliphatic carbocycles. The van der Waals surface area contributed by atoms with Gasteiger partial charge in [-0.05, 0) is 81.7 Å². The van der Waals surface area contributed by atoms with Gasteiger partial charge in [0.15, 0.2) is 6.29 Å². The Morgan fingerprint density at radius 3 is 2.56 bits per heavy atom. The SMILES string of the molecule is C=C(/C=C\c1c(C)ccc(-c2c(C3CCCCC3)c3[nH]c(C=O)cc3n2CC(C)=O)c1C)c1sc(C)nc1C. The van der Waals surface area contributed by atoms with Crippen molar-refractivity contribution in [2.24, 2.45) is 0 Å². The Morgan fingerprint density at radius 1 is 1.18 bits per heavy atom. The Labute approximate surface area is 234 Å². The number of nitrogens with one attached hydrogen (secondary N) is 1. The maximum absolute atomic E-state index is 12.5. The molecule has 1 aliphatic rings. The molecule has 1 saturated carbocycles. The van der Waals surface area contributed by atoms with Crippen LogP contribution >= 0.6 is 11.3 Å². The number of aromatic amines is 1. The first kappa shape index (κ1) is 27.1. The summed E-state index contributed by atoms with van der Waals surface area (Å²) < 4.78 is 2.14. The van der Waals surface area contributed by atoms with Crippen LogP contribution in [-0.4, -0.2) is 26.6 Å². The lowest BCUT2D eigenvalue weighted by molar-refractivity contribution is -0.117. The summed E-state index contributed by atoms with van der Waals surface area (Å²) in [6.07, 6.45) is 11.0. The van der Waals surface area contributed by atoms with Crippen LogP contribution in [0.4, 0.5) is 0 Å². The Kier molecular flexibility index (Phi) is 7.59. The lowest BCUT2D eigenvalue weighted by atomic mass is 9.82. The third-order valence-corrected chi connectivity index (χ3v) is 9.21. The van der Waals surface area contributed by atoms with Gasteiger partial charge in [0, 0.05) is 11.1 Å². The van der Waals surface area contributed by atoms with Crippen LogP contribution < -0.4 is 0 Å². The largest absolute Gasteiger partial charge is 0.351 e. The molecule has 0 amide bonds. The number of nitrogens with zero attached hydrogens (tertiary/aromatic N) is 2. The highest BCUT2D eigenvalue weighted by atomic mass is 32.1. The summed E-state index contributed by atoms with van der Waals surface area (Å²) in [5.74, 6) is 0.480. The molecule has 1 aromatic carbocycles. The van der Waals surface area contributed by atoms with Gasteiger partial charge >= 0.3 is 0 Å². The van der Waals surface area contributed by atoms with Gasteiger partial charge in [0.2, 0.25) is 0 Å². The second-order valence-electron chi connectivity index (χ2n) is 11.0. The summed E-state index contributed by atoms with van der Waals surface area (Å²) in [4.78, 5) is 33.3. The van der Waals surface area contributed by atoms with Gasteiger partial charge in [-0.3, -0.25) is 9.59 Å². The first-order valence-electron chi connectivity index (χ1n) is 13.8. The number of fused-ring (bicyclic) bond motifs is 1. The molecule has 3 aromatic heterocycles. The lowest BCUT2D eigenvalue weighted by Gasteiger charge is -2.24. The molecular formula is C33H37N3O2S. The summed E-state index contributed by atoms with van der Waals surface area (Å²) in [6, 6.07) is 6.27. The molecule has 1 fully saturated rings. The first-order chi connectivity index (χ1) is 18.7. The van der Waals surface area contributed by atoms with Crippen molar-refractivity contribution in [3.63, 3.8) is 0 Å². The number of hydrogen-bond acceptors (Lipinski definition) is 4. The zero-order chi connectivity index (χ0) is 27.8. The minimum absolute atomic E-state index is 0.0913. The van der Waals surface area contributed by atoms with Crippen LogP contribution in [0.15, 0.2) is 30.9 Å². The van der Waals surface area contributed by atoms with Gasteiger partial charge in [0.1, 0.15) is 5.78 Å². The number of rotatable bonds is 8. The molecular weight excluding hydrogens is 502 g/mol. The number of carbonyl (C=O) groups excluding carboxylic acids is 2. The summed E-state index contributed by atoms with van der Waals surface area (Å²) >= 11 is 1.67. The Morgan fingerprint density at radius 2 is 1.92 bits per heavy atom. The second-order valence-corrected chi connectivity index (χ2v) is 12.2. The van der Waals surface area contributed by atoms with Gasteiger partial charge in [-0.2, -0.15) is 0 Å². The zero-order valence-corrected chi connectivity index (χ0v) is 24.4. The molecule has 4 aromatic rings. The smallest absolute Gasteiger partial charge is 0.166 e. The monoisotopic (exact) mass is 539 g/mol. The van der Waals surface area contributed by atoms with Gasteiger partial charge in [0.05, 0.1) is 44.5 Å². The number of H-pyrrole nitrogens is 1. The fourth-order valence-electron chi connectivity index (χ4n) is 6.26. The van der Waals surface area contributed by atoms with E-state index >= 15 is 0 Å². The van der Waals surface area contributed by atoms with Crippen LogP contribution in [0.2, 0.25) is 0 Å². The van der Waals surface area contributed by atoms with Crippen molar-refractivity contribution in [3.8, 4) is 11.3 Å². The molecule has 0 atom stereocenters. The topological polar surface area (TPSA) is 67.8 Å². The van der Waals surface area contributed by atoms with Crippen molar-refractivity contribution in [3.05, 3.63) is 74.4 Å². The fraction of sp³-hybridized carbons (Fsp3) is 0.364. The number of thiazole rings is 1. The average molecular weight is 540 g/mol. The van der Waals surface area contributed by atoms with Crippen LogP contribution in [0.25, 0.3) is 33.9 Å². The van der Waals surface area contributed by atoms with Crippen molar-refractivity contribution in [2.75, 3.05) is 0 Å². The van der Waals surface area contributed by atoms with Crippen LogP contribution in [0.3, 0.4) is 0 Å². The molecule has 0 spiro atoms. The lowest BCUT2D eigenvalue weighted by Crippen LogP contribution is -2.11. The fourth-order valence-corrected chi connectivity index (χ4v) is 7.13. The van der Waals surface area contributed by atoms with E-state index in [2.05, 4.69) is 59.2 Å². The third kappa shape index (κ3) is 5.10. The van der Waals surface area contributed by atoms with Crippen molar-refractivity contribution < 1.29 is 9.59 Å². The number of carbonyl (C=O) groups is 2. The van der Waals surface area contributed by atoms with Gasteiger partial charge in [-0.1, -0.05) is 50.1 Å². The van der Waals surface area contributed by atoms with Gasteiger partial charge in [0.25, 0.3) is 0 Å². The predicted octanol–water partition coefficient (Wildman–Crippen LogP) is 8.50. The number of hydrogen-bond donors (Lipinski definition) is 1. The average Bonchev–Trinajstić information content (AvgIpc) is 3.56. The molecule has 3 heterocycles. The Balaban J connectivity index is 1.70. The summed E-state index contributed by atoms with van der Waals surface area (Å²) in [7, 11) is 0. The minimum atomic E-state index is 0.0913. The minimum Gasteiger partial charge on any atom is -0.351 e. The molecule has 0 aliphatic heterocycles. The van der Waals surface area contributed by atoms with E-state index in [-0.39, 0.29) is 12.3 Å². The van der Waals surface area contributed by atoms with Crippen molar-refractivity contribution in [2.45, 2.75) is 79.2 Å². The highest BCUT2D eigenvalue weighted by Crippen LogP contribution is 2.45. The molecule has 202 valence electrons. The van der Waals surface area contributed by atoms with Gasteiger partial charge in [-0.25, -0.2) is 4.98 Å². The molecule has 0 unspecified atom stereocenters. The highest BCUT2D eigenvalue weighted by Gasteiger charge is 2.29. The Hall–Kier alpha value is -3.51. The maximum atomic E-state index is 12.5. The van der Waals surface area contributed by atoms with Crippen molar-refractivity contribution in [1.82, 2.24) is 14.5 Å². The van der Waals surface area contributed by atoms with E-state index in [9.17, 15) is 9.59 Å². The molecule has 0 saturated heterocycles. The summed E-state index contributed by atoms with van der Waals surface area (Å²) in [5, 5.41) is 1.04. The molecule has 5 rings (SSSR count). The number of allylic oxidation sites excluding steroid dienone is 2. The molecule has 1 N–H and O–H groups in total. The van der Waals surface area contributed by atoms with Crippen LogP contribution in [-0.2, 0) is 11.3 Å². The van der Waals surface area contributed by atoms with E-state index in [1.54, 1.807) is 18.3 Å². The van der Waals surface area contributed by atoms with Crippen LogP contribution in [0, 0.1) is 27.7 Å². The number of aromatic nitrogens is 3. The van der Waals surface area contributed by atoms with Crippen molar-refractivity contribution in [1.29, 1.82) is 0 Å². The third-order valence-electron chi connectivity index (χ3n) is 8.06. The van der Waals surface area contributed by atoms with Crippen LogP contribution in [0.5, 0.6) is 0 Å². The van der Waals surface area contributed by atoms with Crippen LogP contribution in [0.1, 0.15) is 93.3 Å². The standard InChI is InChI=1S/C33H37N3O2S/c1-19-12-15-28(22(4)27(19)14-13-20(2)33-23(5)34-24(6)39-33)32-30(25-10-8-7-9-11-25)31-29(16-26(18-37)35-31)36(32)17-21(3)38/h12-16,18,25,35H,2,7-11,17H2,1,3-6H3/b14-13-.